The predicted molar refractivity (Wildman–Crippen MR) is 57.4 cm³/mol. The zero-order chi connectivity index (χ0) is 8.93. The Labute approximate surface area is 82.4 Å². The lowest BCUT2D eigenvalue weighted by Gasteiger charge is -2.26. The Morgan fingerprint density at radius 3 is 2.62 bits per heavy atom. The van der Waals surface area contributed by atoms with Gasteiger partial charge in [-0.3, -0.25) is 0 Å². The first-order valence-electron chi connectivity index (χ1n) is 5.94. The van der Waals surface area contributed by atoms with Gasteiger partial charge in [-0.05, 0) is 37.5 Å². The molecule has 0 saturated heterocycles. The van der Waals surface area contributed by atoms with E-state index in [-0.39, 0.29) is 0 Å². The highest BCUT2D eigenvalue weighted by Crippen LogP contribution is 2.34. The summed E-state index contributed by atoms with van der Waals surface area (Å²) in [5, 5.41) is 0. The van der Waals surface area contributed by atoms with E-state index < -0.39 is 0 Å². The monoisotopic (exact) mass is 177 g/mol. The van der Waals surface area contributed by atoms with Crippen LogP contribution in [0.25, 0.3) is 0 Å². The van der Waals surface area contributed by atoms with Gasteiger partial charge in [0.15, 0.2) is 0 Å². The SMILES string of the molecule is C1=CC[C](CC2CCCCC2)CC1. The molecule has 0 heterocycles. The minimum absolute atomic E-state index is 1.05. The normalized spacial score (nSPS) is 26.5. The van der Waals surface area contributed by atoms with E-state index in [9.17, 15) is 0 Å². The first-order chi connectivity index (χ1) is 6.45. The molecule has 13 heavy (non-hydrogen) atoms. The van der Waals surface area contributed by atoms with E-state index in [2.05, 4.69) is 12.2 Å². The molecule has 0 amide bonds. The Morgan fingerprint density at radius 2 is 1.92 bits per heavy atom. The molecule has 1 radical (unpaired) electrons. The molecule has 2 rings (SSSR count). The maximum Gasteiger partial charge on any atom is -0.0198 e. The fourth-order valence-electron chi connectivity index (χ4n) is 2.74. The Morgan fingerprint density at radius 1 is 1.08 bits per heavy atom. The largest absolute Gasteiger partial charge is 0.0885 e. The smallest absolute Gasteiger partial charge is 0.0198 e. The van der Waals surface area contributed by atoms with Crippen LogP contribution in [0.4, 0.5) is 0 Å². The summed E-state index contributed by atoms with van der Waals surface area (Å²) in [7, 11) is 0. The van der Waals surface area contributed by atoms with Gasteiger partial charge in [0.05, 0.1) is 0 Å². The fraction of sp³-hybridized carbons (Fsp3) is 0.769. The molecule has 0 aromatic carbocycles. The minimum Gasteiger partial charge on any atom is -0.0885 e. The van der Waals surface area contributed by atoms with Gasteiger partial charge in [0, 0.05) is 0 Å². The highest BCUT2D eigenvalue weighted by molar-refractivity contribution is 5.05. The molecule has 0 aliphatic heterocycles. The molecule has 0 unspecified atom stereocenters. The lowest BCUT2D eigenvalue weighted by Crippen LogP contribution is -2.11. The van der Waals surface area contributed by atoms with Crippen molar-refractivity contribution in [2.75, 3.05) is 0 Å². The van der Waals surface area contributed by atoms with Gasteiger partial charge in [-0.1, -0.05) is 44.3 Å². The van der Waals surface area contributed by atoms with E-state index in [1.54, 1.807) is 0 Å². The molecule has 2 aliphatic carbocycles. The van der Waals surface area contributed by atoms with Crippen molar-refractivity contribution >= 4 is 0 Å². The maximum atomic E-state index is 2.36. The van der Waals surface area contributed by atoms with E-state index in [1.807, 2.05) is 5.92 Å². The van der Waals surface area contributed by atoms with Crippen molar-refractivity contribution in [3.05, 3.63) is 18.1 Å². The van der Waals surface area contributed by atoms with Crippen molar-refractivity contribution in [1.82, 2.24) is 0 Å². The first kappa shape index (κ1) is 9.30. The molecule has 2 aliphatic rings. The van der Waals surface area contributed by atoms with Crippen LogP contribution >= 0.6 is 0 Å². The second-order valence-electron chi connectivity index (χ2n) is 4.67. The van der Waals surface area contributed by atoms with E-state index in [4.69, 9.17) is 0 Å². The van der Waals surface area contributed by atoms with Crippen LogP contribution in [0.15, 0.2) is 12.2 Å². The number of rotatable bonds is 2. The molecule has 1 saturated carbocycles. The summed E-state index contributed by atoms with van der Waals surface area (Å²) in [5.74, 6) is 2.88. The fourth-order valence-corrected chi connectivity index (χ4v) is 2.74. The third-order valence-electron chi connectivity index (χ3n) is 3.54. The molecular weight excluding hydrogens is 156 g/mol. The summed E-state index contributed by atoms with van der Waals surface area (Å²) in [5.41, 5.74) is 0. The third-order valence-corrected chi connectivity index (χ3v) is 3.54. The third kappa shape index (κ3) is 2.86. The standard InChI is InChI=1S/C13H21/c1-3-7-12(8-4-1)11-13-9-5-2-6-10-13/h1,3,13H,2,4-11H2. The Balaban J connectivity index is 1.72. The Bertz CT molecular complexity index is 163. The summed E-state index contributed by atoms with van der Waals surface area (Å²) in [6.45, 7) is 0. The molecule has 0 bridgehead atoms. The Hall–Kier alpha value is -0.260. The van der Waals surface area contributed by atoms with E-state index in [0.717, 1.165) is 5.92 Å². The van der Waals surface area contributed by atoms with Crippen LogP contribution in [0, 0.1) is 11.8 Å². The van der Waals surface area contributed by atoms with Crippen molar-refractivity contribution in [2.24, 2.45) is 5.92 Å². The molecule has 0 nitrogen and oxygen atoms in total. The Kier molecular flexibility index (Phi) is 3.46. The molecule has 0 N–H and O–H groups in total. The minimum atomic E-state index is 1.05. The molecule has 0 heteroatoms. The zero-order valence-corrected chi connectivity index (χ0v) is 8.60. The molecule has 0 aromatic heterocycles. The number of hydrogen-bond acceptors (Lipinski definition) is 0. The van der Waals surface area contributed by atoms with Crippen LogP contribution < -0.4 is 0 Å². The maximum absolute atomic E-state index is 2.36. The van der Waals surface area contributed by atoms with Crippen LogP contribution in [0.3, 0.4) is 0 Å². The molecule has 73 valence electrons. The average molecular weight is 177 g/mol. The topological polar surface area (TPSA) is 0 Å². The number of allylic oxidation sites excluding steroid dienone is 2. The van der Waals surface area contributed by atoms with Gasteiger partial charge in [-0.25, -0.2) is 0 Å². The van der Waals surface area contributed by atoms with Crippen molar-refractivity contribution in [3.63, 3.8) is 0 Å². The van der Waals surface area contributed by atoms with Gasteiger partial charge >= 0.3 is 0 Å². The van der Waals surface area contributed by atoms with Gasteiger partial charge in [0.25, 0.3) is 0 Å². The highest BCUT2D eigenvalue weighted by Gasteiger charge is 2.19. The molecule has 0 atom stereocenters. The quantitative estimate of drug-likeness (QED) is 0.552. The van der Waals surface area contributed by atoms with Crippen molar-refractivity contribution in [2.45, 2.75) is 57.8 Å². The van der Waals surface area contributed by atoms with Gasteiger partial charge in [0.1, 0.15) is 0 Å². The predicted octanol–water partition coefficient (Wildman–Crippen LogP) is 4.27. The lowest BCUT2D eigenvalue weighted by atomic mass is 9.79. The lowest BCUT2D eigenvalue weighted by molar-refractivity contribution is 0.337. The van der Waals surface area contributed by atoms with E-state index in [1.165, 1.54) is 57.8 Å². The number of hydrogen-bond donors (Lipinski definition) is 0. The van der Waals surface area contributed by atoms with Crippen LogP contribution in [0.1, 0.15) is 57.8 Å². The van der Waals surface area contributed by atoms with Gasteiger partial charge in [0.2, 0.25) is 0 Å². The molecular formula is C13H21. The van der Waals surface area contributed by atoms with E-state index in [0.29, 0.717) is 0 Å². The molecule has 0 spiro atoms. The highest BCUT2D eigenvalue weighted by atomic mass is 14.2. The molecule has 0 aromatic rings. The van der Waals surface area contributed by atoms with Crippen LogP contribution in [0.5, 0.6) is 0 Å². The second-order valence-corrected chi connectivity index (χ2v) is 4.67. The van der Waals surface area contributed by atoms with Crippen LogP contribution in [0.2, 0.25) is 0 Å². The van der Waals surface area contributed by atoms with Crippen LogP contribution in [-0.4, -0.2) is 0 Å². The van der Waals surface area contributed by atoms with E-state index >= 15 is 0 Å². The average Bonchev–Trinajstić information content (AvgIpc) is 2.21. The van der Waals surface area contributed by atoms with Crippen LogP contribution in [-0.2, 0) is 0 Å². The van der Waals surface area contributed by atoms with Gasteiger partial charge < -0.3 is 0 Å². The summed E-state index contributed by atoms with van der Waals surface area (Å²) >= 11 is 0. The summed E-state index contributed by atoms with van der Waals surface area (Å²) < 4.78 is 0. The zero-order valence-electron chi connectivity index (χ0n) is 8.60. The van der Waals surface area contributed by atoms with Crippen molar-refractivity contribution in [3.8, 4) is 0 Å². The van der Waals surface area contributed by atoms with Crippen molar-refractivity contribution < 1.29 is 0 Å². The molecule has 1 fully saturated rings. The first-order valence-corrected chi connectivity index (χ1v) is 5.94. The summed E-state index contributed by atoms with van der Waals surface area (Å²) in [6, 6.07) is 0. The van der Waals surface area contributed by atoms with Gasteiger partial charge in [-0.15, -0.1) is 0 Å². The summed E-state index contributed by atoms with van der Waals surface area (Å²) in [4.78, 5) is 0. The van der Waals surface area contributed by atoms with Gasteiger partial charge in [-0.2, -0.15) is 0 Å². The van der Waals surface area contributed by atoms with Crippen molar-refractivity contribution in [1.29, 1.82) is 0 Å². The second kappa shape index (κ2) is 4.83. The summed E-state index contributed by atoms with van der Waals surface area (Å²) in [6.07, 6.45) is 17.6.